The monoisotopic (exact) mass is 275 g/mol. The molecule has 1 aromatic heterocycles. The molecular formula is C12H10BrN3. The van der Waals surface area contributed by atoms with Crippen LogP contribution in [0.25, 0.3) is 11.4 Å². The minimum atomic E-state index is 0.333. The standard InChI is InChI=1S/C12H10BrN3/c1-8-4-2-3-5-9(8)12-15-10(6-7-14)11(13)16-12/h2-5H,6H2,1H3,(H,15,16). The van der Waals surface area contributed by atoms with E-state index in [1.54, 1.807) is 0 Å². The highest BCUT2D eigenvalue weighted by Crippen LogP contribution is 2.24. The first kappa shape index (κ1) is 10.9. The Balaban J connectivity index is 2.46. The second kappa shape index (κ2) is 4.50. The molecule has 4 heteroatoms. The van der Waals surface area contributed by atoms with Gasteiger partial charge in [-0.15, -0.1) is 0 Å². The van der Waals surface area contributed by atoms with Crippen molar-refractivity contribution in [2.75, 3.05) is 0 Å². The molecule has 0 radical (unpaired) electrons. The molecular weight excluding hydrogens is 266 g/mol. The summed E-state index contributed by atoms with van der Waals surface area (Å²) in [5.74, 6) is 0.801. The van der Waals surface area contributed by atoms with Crippen molar-refractivity contribution in [3.63, 3.8) is 0 Å². The number of nitriles is 1. The minimum Gasteiger partial charge on any atom is -0.340 e. The molecule has 3 nitrogen and oxygen atoms in total. The molecule has 1 heterocycles. The van der Waals surface area contributed by atoms with Crippen molar-refractivity contribution < 1.29 is 0 Å². The number of H-pyrrole nitrogens is 1. The predicted molar refractivity (Wildman–Crippen MR) is 65.8 cm³/mol. The van der Waals surface area contributed by atoms with E-state index in [0.29, 0.717) is 11.0 Å². The summed E-state index contributed by atoms with van der Waals surface area (Å²) in [7, 11) is 0. The van der Waals surface area contributed by atoms with Crippen molar-refractivity contribution in [3.05, 3.63) is 40.1 Å². The Morgan fingerprint density at radius 1 is 1.44 bits per heavy atom. The SMILES string of the molecule is Cc1ccccc1-c1nc(Br)c(CC#N)[nH]1. The Labute approximate surface area is 102 Å². The summed E-state index contributed by atoms with van der Waals surface area (Å²) in [6.07, 6.45) is 0.333. The number of aromatic amines is 1. The first-order valence-electron chi connectivity index (χ1n) is 4.89. The fourth-order valence-electron chi connectivity index (χ4n) is 1.55. The molecule has 0 atom stereocenters. The molecule has 16 heavy (non-hydrogen) atoms. The van der Waals surface area contributed by atoms with Gasteiger partial charge in [0.2, 0.25) is 0 Å². The van der Waals surface area contributed by atoms with E-state index in [4.69, 9.17) is 5.26 Å². The summed E-state index contributed by atoms with van der Waals surface area (Å²) in [6, 6.07) is 10.1. The van der Waals surface area contributed by atoms with Gasteiger partial charge in [-0.05, 0) is 28.4 Å². The molecule has 0 aliphatic heterocycles. The number of aromatic nitrogens is 2. The van der Waals surface area contributed by atoms with Crippen molar-refractivity contribution in [2.24, 2.45) is 0 Å². The average molecular weight is 276 g/mol. The molecule has 0 bridgehead atoms. The Morgan fingerprint density at radius 2 is 2.19 bits per heavy atom. The predicted octanol–water partition coefficient (Wildman–Crippen LogP) is 3.21. The van der Waals surface area contributed by atoms with Gasteiger partial charge in [-0.1, -0.05) is 24.3 Å². The van der Waals surface area contributed by atoms with Gasteiger partial charge in [-0.2, -0.15) is 5.26 Å². The zero-order valence-electron chi connectivity index (χ0n) is 8.79. The third-order valence-electron chi connectivity index (χ3n) is 2.38. The molecule has 0 saturated carbocycles. The van der Waals surface area contributed by atoms with Crippen molar-refractivity contribution in [1.82, 2.24) is 9.97 Å². The number of hydrogen-bond acceptors (Lipinski definition) is 2. The van der Waals surface area contributed by atoms with Gasteiger partial charge in [-0.25, -0.2) is 4.98 Å². The van der Waals surface area contributed by atoms with Gasteiger partial charge in [0.05, 0.1) is 18.2 Å². The second-order valence-electron chi connectivity index (χ2n) is 3.50. The topological polar surface area (TPSA) is 52.5 Å². The lowest BCUT2D eigenvalue weighted by molar-refractivity contribution is 1.15. The third-order valence-corrected chi connectivity index (χ3v) is 3.04. The van der Waals surface area contributed by atoms with Gasteiger partial charge in [0.1, 0.15) is 10.4 Å². The number of nitrogens with one attached hydrogen (secondary N) is 1. The van der Waals surface area contributed by atoms with Gasteiger partial charge in [0, 0.05) is 5.56 Å². The number of halogens is 1. The quantitative estimate of drug-likeness (QED) is 0.915. The summed E-state index contributed by atoms with van der Waals surface area (Å²) >= 11 is 3.35. The molecule has 0 fully saturated rings. The van der Waals surface area contributed by atoms with Crippen molar-refractivity contribution >= 4 is 15.9 Å². The second-order valence-corrected chi connectivity index (χ2v) is 4.26. The van der Waals surface area contributed by atoms with E-state index in [-0.39, 0.29) is 0 Å². The molecule has 0 spiro atoms. The van der Waals surface area contributed by atoms with Crippen LogP contribution in [0.15, 0.2) is 28.9 Å². The largest absolute Gasteiger partial charge is 0.340 e. The highest BCUT2D eigenvalue weighted by molar-refractivity contribution is 9.10. The third kappa shape index (κ3) is 2.00. The lowest BCUT2D eigenvalue weighted by Gasteiger charge is -2.00. The van der Waals surface area contributed by atoms with E-state index in [1.807, 2.05) is 31.2 Å². The van der Waals surface area contributed by atoms with Gasteiger partial charge in [-0.3, -0.25) is 0 Å². The first-order chi connectivity index (χ1) is 7.72. The maximum absolute atomic E-state index is 8.66. The van der Waals surface area contributed by atoms with Crippen LogP contribution in [0.5, 0.6) is 0 Å². The van der Waals surface area contributed by atoms with Gasteiger partial charge >= 0.3 is 0 Å². The fraction of sp³-hybridized carbons (Fsp3) is 0.167. The zero-order chi connectivity index (χ0) is 11.5. The summed E-state index contributed by atoms with van der Waals surface area (Å²) in [6.45, 7) is 2.04. The van der Waals surface area contributed by atoms with Gasteiger partial charge in [0.25, 0.3) is 0 Å². The van der Waals surface area contributed by atoms with Crippen LogP contribution in [-0.2, 0) is 6.42 Å². The van der Waals surface area contributed by atoms with Crippen molar-refractivity contribution in [2.45, 2.75) is 13.3 Å². The molecule has 0 aliphatic carbocycles. The summed E-state index contributed by atoms with van der Waals surface area (Å²) < 4.78 is 0.715. The van der Waals surface area contributed by atoms with Crippen molar-refractivity contribution in [1.29, 1.82) is 5.26 Å². The number of nitrogens with zero attached hydrogens (tertiary/aromatic N) is 2. The van der Waals surface area contributed by atoms with E-state index in [9.17, 15) is 0 Å². The molecule has 0 unspecified atom stereocenters. The number of imidazole rings is 1. The molecule has 2 rings (SSSR count). The van der Waals surface area contributed by atoms with E-state index in [1.165, 1.54) is 0 Å². The van der Waals surface area contributed by atoms with Gasteiger partial charge < -0.3 is 4.98 Å². The molecule has 0 amide bonds. The lowest BCUT2D eigenvalue weighted by atomic mass is 10.1. The van der Waals surface area contributed by atoms with Crippen LogP contribution in [0, 0.1) is 18.3 Å². The number of aryl methyl sites for hydroxylation is 1. The highest BCUT2D eigenvalue weighted by atomic mass is 79.9. The number of benzene rings is 1. The normalized spacial score (nSPS) is 10.1. The molecule has 1 N–H and O–H groups in total. The van der Waals surface area contributed by atoms with Gasteiger partial charge in [0.15, 0.2) is 0 Å². The summed E-state index contributed by atoms with van der Waals surface area (Å²) in [5.41, 5.74) is 3.04. The van der Waals surface area contributed by atoms with Crippen LogP contribution in [0.2, 0.25) is 0 Å². The molecule has 80 valence electrons. The fourth-order valence-corrected chi connectivity index (χ4v) is 1.97. The van der Waals surface area contributed by atoms with E-state index in [2.05, 4.69) is 32.0 Å². The first-order valence-corrected chi connectivity index (χ1v) is 5.69. The maximum Gasteiger partial charge on any atom is 0.139 e. The van der Waals surface area contributed by atoms with E-state index in [0.717, 1.165) is 22.6 Å². The zero-order valence-corrected chi connectivity index (χ0v) is 10.4. The van der Waals surface area contributed by atoms with Crippen LogP contribution >= 0.6 is 15.9 Å². The number of rotatable bonds is 2. The van der Waals surface area contributed by atoms with Crippen LogP contribution in [0.3, 0.4) is 0 Å². The average Bonchev–Trinajstić information content (AvgIpc) is 2.61. The van der Waals surface area contributed by atoms with Crippen LogP contribution < -0.4 is 0 Å². The Kier molecular flexibility index (Phi) is 3.07. The molecule has 2 aromatic rings. The Bertz CT molecular complexity index is 552. The van der Waals surface area contributed by atoms with E-state index >= 15 is 0 Å². The van der Waals surface area contributed by atoms with Crippen LogP contribution in [-0.4, -0.2) is 9.97 Å². The molecule has 1 aromatic carbocycles. The summed E-state index contributed by atoms with van der Waals surface area (Å²) in [4.78, 5) is 7.53. The Hall–Kier alpha value is -1.60. The number of hydrogen-bond donors (Lipinski definition) is 1. The molecule has 0 aliphatic rings. The highest BCUT2D eigenvalue weighted by Gasteiger charge is 2.10. The van der Waals surface area contributed by atoms with Crippen molar-refractivity contribution in [3.8, 4) is 17.5 Å². The lowest BCUT2D eigenvalue weighted by Crippen LogP contribution is -1.85. The maximum atomic E-state index is 8.66. The molecule has 0 saturated heterocycles. The minimum absolute atomic E-state index is 0.333. The van der Waals surface area contributed by atoms with Crippen LogP contribution in [0.1, 0.15) is 11.3 Å². The smallest absolute Gasteiger partial charge is 0.139 e. The van der Waals surface area contributed by atoms with E-state index < -0.39 is 0 Å². The van der Waals surface area contributed by atoms with Crippen LogP contribution in [0.4, 0.5) is 0 Å². The Morgan fingerprint density at radius 3 is 2.88 bits per heavy atom. The summed E-state index contributed by atoms with van der Waals surface area (Å²) in [5, 5.41) is 8.66.